The van der Waals surface area contributed by atoms with Gasteiger partial charge in [-0.05, 0) is 95.2 Å². The van der Waals surface area contributed by atoms with E-state index in [1.165, 1.54) is 12.1 Å². The normalized spacial score (nSPS) is 15.8. The summed E-state index contributed by atoms with van der Waals surface area (Å²) < 4.78 is 56.3. The second-order valence-corrected chi connectivity index (χ2v) is 11.0. The number of carbonyl (C=O) groups is 1. The van der Waals surface area contributed by atoms with Gasteiger partial charge < -0.3 is 10.0 Å². The van der Waals surface area contributed by atoms with Gasteiger partial charge in [0.05, 0.1) is 12.2 Å². The summed E-state index contributed by atoms with van der Waals surface area (Å²) in [6.07, 6.45) is -0.174. The van der Waals surface area contributed by atoms with Crippen molar-refractivity contribution in [3.05, 3.63) is 104 Å². The number of carboxylic acid groups (broad SMARTS) is 1. The highest BCUT2D eigenvalue weighted by Gasteiger charge is 2.28. The molecule has 0 radical (unpaired) electrons. The monoisotopic (exact) mass is 607 g/mol. The molecule has 1 heterocycles. The molecule has 0 amide bonds. The van der Waals surface area contributed by atoms with E-state index < -0.39 is 23.8 Å². The predicted octanol–water partition coefficient (Wildman–Crippen LogP) is 8.67. The molecule has 218 valence electrons. The van der Waals surface area contributed by atoms with Gasteiger partial charge in [0.25, 0.3) is 6.43 Å². The minimum atomic E-state index is -2.76. The molecule has 3 nitrogen and oxygen atoms in total. The number of carboxylic acids is 1. The summed E-state index contributed by atoms with van der Waals surface area (Å²) in [5.41, 5.74) is 3.72. The zero-order valence-electron chi connectivity index (χ0n) is 22.3. The van der Waals surface area contributed by atoms with Gasteiger partial charge in [-0.3, -0.25) is 4.39 Å². The summed E-state index contributed by atoms with van der Waals surface area (Å²) >= 11 is 6.07. The fourth-order valence-electron chi connectivity index (χ4n) is 6.00. The van der Waals surface area contributed by atoms with Crippen molar-refractivity contribution in [1.29, 1.82) is 0 Å². The number of allylic oxidation sites excluding steroid dienone is 1. The van der Waals surface area contributed by atoms with Crippen LogP contribution in [0.4, 0.5) is 17.6 Å². The lowest BCUT2D eigenvalue weighted by Crippen LogP contribution is -2.47. The van der Waals surface area contributed by atoms with Crippen LogP contribution in [-0.2, 0) is 12.8 Å². The Morgan fingerprint density at radius 3 is 2.39 bits per heavy atom. The molecule has 0 atom stereocenters. The van der Waals surface area contributed by atoms with E-state index in [-0.39, 0.29) is 41.7 Å². The molecule has 1 fully saturated rings. The third kappa shape index (κ3) is 6.63. The molecule has 1 N–H and O–H groups in total. The minimum absolute atomic E-state index is 0. The maximum absolute atomic E-state index is 15.5. The van der Waals surface area contributed by atoms with Crippen molar-refractivity contribution in [2.45, 2.75) is 38.5 Å². The lowest BCUT2D eigenvalue weighted by atomic mass is 9.85. The Morgan fingerprint density at radius 2 is 1.73 bits per heavy atom. The van der Waals surface area contributed by atoms with Gasteiger partial charge in [0.15, 0.2) is 0 Å². The van der Waals surface area contributed by atoms with Crippen LogP contribution >= 0.6 is 24.0 Å². The number of likely N-dealkylation sites (tertiary alicyclic amines) is 1. The Labute approximate surface area is 248 Å². The zero-order valence-corrected chi connectivity index (χ0v) is 23.9. The van der Waals surface area contributed by atoms with Gasteiger partial charge in [0.1, 0.15) is 5.82 Å². The van der Waals surface area contributed by atoms with Gasteiger partial charge in [-0.25, -0.2) is 18.0 Å². The first-order valence-corrected chi connectivity index (χ1v) is 13.9. The second-order valence-electron chi connectivity index (χ2n) is 10.6. The standard InChI is InChI=1S/C32H30ClF4NO2.ClH/c33-22-9-10-23(28(16-22)31(36)37)24-3-1-4-26-25(11-12-27(30(26)35)32(39)40)29(24)21-7-5-19(6-8-21)15-20-17-38(18-20)14-2-13-34;/h5-12,16,20,31H,1-4,13-15,17-18H2,(H,39,40);1H. The smallest absolute Gasteiger partial charge is 0.338 e. The van der Waals surface area contributed by atoms with Gasteiger partial charge in [-0.1, -0.05) is 48.0 Å². The Hall–Kier alpha value is -2.87. The van der Waals surface area contributed by atoms with Crippen molar-refractivity contribution < 1.29 is 27.5 Å². The molecular formula is C32H31Cl2F4NO2. The lowest BCUT2D eigenvalue weighted by molar-refractivity contribution is 0.0691. The number of hydrogen-bond donors (Lipinski definition) is 1. The van der Waals surface area contributed by atoms with E-state index in [4.69, 9.17) is 11.6 Å². The summed E-state index contributed by atoms with van der Waals surface area (Å²) in [5, 5.41) is 9.70. The summed E-state index contributed by atoms with van der Waals surface area (Å²) in [6, 6.07) is 15.1. The highest BCUT2D eigenvalue weighted by molar-refractivity contribution is 6.30. The molecule has 41 heavy (non-hydrogen) atoms. The number of alkyl halides is 3. The summed E-state index contributed by atoms with van der Waals surface area (Å²) in [7, 11) is 0. The van der Waals surface area contributed by atoms with E-state index in [0.29, 0.717) is 47.5 Å². The Morgan fingerprint density at radius 1 is 1.02 bits per heavy atom. The van der Waals surface area contributed by atoms with Gasteiger partial charge in [-0.2, -0.15) is 0 Å². The van der Waals surface area contributed by atoms with Gasteiger partial charge in [0.2, 0.25) is 0 Å². The molecule has 3 aromatic carbocycles. The van der Waals surface area contributed by atoms with E-state index in [1.54, 1.807) is 18.2 Å². The van der Waals surface area contributed by atoms with E-state index in [2.05, 4.69) is 4.90 Å². The van der Waals surface area contributed by atoms with Gasteiger partial charge >= 0.3 is 5.97 Å². The zero-order chi connectivity index (χ0) is 28.4. The number of aromatic carboxylic acids is 1. The molecule has 1 saturated heterocycles. The Bertz CT molecular complexity index is 1440. The van der Waals surface area contributed by atoms with Crippen molar-refractivity contribution in [1.82, 2.24) is 4.90 Å². The summed E-state index contributed by atoms with van der Waals surface area (Å²) in [5.74, 6) is -1.64. The molecule has 0 saturated carbocycles. The van der Waals surface area contributed by atoms with Crippen molar-refractivity contribution in [2.75, 3.05) is 26.3 Å². The second kappa shape index (κ2) is 13.4. The minimum Gasteiger partial charge on any atom is -0.478 e. The largest absolute Gasteiger partial charge is 0.478 e. The Kier molecular flexibility index (Phi) is 10.2. The molecule has 5 rings (SSSR count). The average Bonchev–Trinajstić information content (AvgIpc) is 3.10. The number of benzene rings is 3. The van der Waals surface area contributed by atoms with E-state index >= 15 is 4.39 Å². The molecule has 0 unspecified atom stereocenters. The molecule has 0 spiro atoms. The van der Waals surface area contributed by atoms with Crippen LogP contribution in [0.2, 0.25) is 5.02 Å². The molecule has 0 bridgehead atoms. The van der Waals surface area contributed by atoms with Crippen molar-refractivity contribution in [3.8, 4) is 0 Å². The first-order chi connectivity index (χ1) is 19.3. The van der Waals surface area contributed by atoms with Crippen LogP contribution in [0.5, 0.6) is 0 Å². The van der Waals surface area contributed by atoms with Crippen molar-refractivity contribution >= 4 is 41.1 Å². The van der Waals surface area contributed by atoms with E-state index in [9.17, 15) is 23.1 Å². The van der Waals surface area contributed by atoms with Crippen molar-refractivity contribution in [2.24, 2.45) is 5.92 Å². The number of rotatable bonds is 9. The van der Waals surface area contributed by atoms with E-state index in [0.717, 1.165) is 37.2 Å². The average molecular weight is 609 g/mol. The predicted molar refractivity (Wildman–Crippen MR) is 157 cm³/mol. The van der Waals surface area contributed by atoms with Crippen LogP contribution in [0.15, 0.2) is 54.6 Å². The number of halogens is 6. The first-order valence-electron chi connectivity index (χ1n) is 13.5. The number of fused-ring (bicyclic) bond motifs is 1. The van der Waals surface area contributed by atoms with Gasteiger partial charge in [0, 0.05) is 30.2 Å². The topological polar surface area (TPSA) is 40.5 Å². The van der Waals surface area contributed by atoms with Crippen LogP contribution in [0, 0.1) is 11.7 Å². The van der Waals surface area contributed by atoms with Crippen LogP contribution in [0.1, 0.15) is 69.4 Å². The number of nitrogens with zero attached hydrogens (tertiary/aromatic N) is 1. The van der Waals surface area contributed by atoms with Gasteiger partial charge in [-0.15, -0.1) is 12.4 Å². The maximum atomic E-state index is 15.5. The van der Waals surface area contributed by atoms with Crippen LogP contribution < -0.4 is 0 Å². The fraction of sp³-hybridized carbons (Fsp3) is 0.344. The van der Waals surface area contributed by atoms with Crippen LogP contribution in [-0.4, -0.2) is 42.3 Å². The molecule has 1 aliphatic heterocycles. The van der Waals surface area contributed by atoms with E-state index in [1.807, 2.05) is 24.3 Å². The molecule has 1 aliphatic carbocycles. The molecule has 9 heteroatoms. The third-order valence-corrected chi connectivity index (χ3v) is 8.11. The highest BCUT2D eigenvalue weighted by Crippen LogP contribution is 2.43. The molecule has 0 aromatic heterocycles. The summed E-state index contributed by atoms with van der Waals surface area (Å²) in [4.78, 5) is 13.9. The highest BCUT2D eigenvalue weighted by atomic mass is 35.5. The Balaban J connectivity index is 0.00000387. The van der Waals surface area contributed by atoms with Crippen molar-refractivity contribution in [3.63, 3.8) is 0 Å². The van der Waals surface area contributed by atoms with Crippen LogP contribution in [0.3, 0.4) is 0 Å². The fourth-order valence-corrected chi connectivity index (χ4v) is 6.18. The number of hydrogen-bond acceptors (Lipinski definition) is 2. The quantitative estimate of drug-likeness (QED) is 0.247. The molecular weight excluding hydrogens is 577 g/mol. The van der Waals surface area contributed by atoms with Crippen LogP contribution in [0.25, 0.3) is 11.1 Å². The first kappa shape index (κ1) is 31.1. The lowest BCUT2D eigenvalue weighted by Gasteiger charge is -2.39. The maximum Gasteiger partial charge on any atom is 0.338 e. The third-order valence-electron chi connectivity index (χ3n) is 7.88. The summed E-state index contributed by atoms with van der Waals surface area (Å²) in [6.45, 7) is 2.33. The molecule has 2 aliphatic rings. The SMILES string of the molecule is Cl.O=C(O)c1ccc2c(c1F)CCCC(c1ccc(Cl)cc1C(F)F)=C2c1ccc(CC2CN(CCCF)C2)cc1. The molecule has 3 aromatic rings.